The number of carbonyl (C=O) groups is 1. The average Bonchev–Trinajstić information content (AvgIpc) is 3.20. The van der Waals surface area contributed by atoms with E-state index in [2.05, 4.69) is 10.1 Å². The summed E-state index contributed by atoms with van der Waals surface area (Å²) in [5.41, 5.74) is 0.813. The van der Waals surface area contributed by atoms with Crippen LogP contribution in [0.15, 0.2) is 68.3 Å². The molecule has 8 heteroatoms. The Morgan fingerprint density at radius 3 is 2.77 bits per heavy atom. The highest BCUT2D eigenvalue weighted by Crippen LogP contribution is 2.28. The lowest BCUT2D eigenvalue weighted by atomic mass is 9.99. The Bertz CT molecular complexity index is 1320. The minimum Gasteiger partial charge on any atom is -0.496 e. The van der Waals surface area contributed by atoms with Crippen LogP contribution in [0.1, 0.15) is 33.6 Å². The first-order valence-electron chi connectivity index (χ1n) is 9.89. The van der Waals surface area contributed by atoms with Gasteiger partial charge in [-0.05, 0) is 18.2 Å². The molecular formula is C23H19N3O5. The Hall–Kier alpha value is -3.94. The molecule has 0 unspecified atom stereocenters. The average molecular weight is 417 g/mol. The van der Waals surface area contributed by atoms with Crippen molar-refractivity contribution in [3.05, 3.63) is 87.9 Å². The number of rotatable bonds is 5. The number of benzene rings is 2. The number of aromatic nitrogens is 2. The van der Waals surface area contributed by atoms with Gasteiger partial charge in [0.2, 0.25) is 5.89 Å². The molecule has 0 N–H and O–H groups in total. The van der Waals surface area contributed by atoms with Crippen molar-refractivity contribution >= 4 is 16.9 Å². The number of nitrogens with zero attached hydrogens (tertiary/aromatic N) is 3. The molecule has 1 aliphatic heterocycles. The van der Waals surface area contributed by atoms with E-state index >= 15 is 0 Å². The molecule has 0 atom stereocenters. The van der Waals surface area contributed by atoms with Gasteiger partial charge in [0, 0.05) is 30.5 Å². The molecule has 0 saturated carbocycles. The molecular weight excluding hydrogens is 398 g/mol. The summed E-state index contributed by atoms with van der Waals surface area (Å²) in [5.74, 6) is 1.39. The molecule has 31 heavy (non-hydrogen) atoms. The molecule has 1 saturated heterocycles. The summed E-state index contributed by atoms with van der Waals surface area (Å²) in [6.45, 7) is 0.808. The second kappa shape index (κ2) is 7.71. The van der Waals surface area contributed by atoms with E-state index in [0.717, 1.165) is 11.3 Å². The fourth-order valence-corrected chi connectivity index (χ4v) is 3.71. The van der Waals surface area contributed by atoms with Crippen LogP contribution < -0.4 is 10.4 Å². The van der Waals surface area contributed by atoms with E-state index in [9.17, 15) is 9.59 Å². The summed E-state index contributed by atoms with van der Waals surface area (Å²) < 4.78 is 16.0. The lowest BCUT2D eigenvalue weighted by molar-refractivity contribution is 0.0565. The van der Waals surface area contributed by atoms with Crippen molar-refractivity contribution in [2.75, 3.05) is 20.2 Å². The van der Waals surface area contributed by atoms with Gasteiger partial charge >= 0.3 is 5.63 Å². The third-order valence-corrected chi connectivity index (χ3v) is 5.41. The van der Waals surface area contributed by atoms with E-state index < -0.39 is 5.63 Å². The number of ether oxygens (including phenoxy) is 1. The van der Waals surface area contributed by atoms with Crippen molar-refractivity contribution in [1.29, 1.82) is 0 Å². The molecule has 4 aromatic rings. The topological polar surface area (TPSA) is 98.7 Å². The molecule has 1 fully saturated rings. The van der Waals surface area contributed by atoms with E-state index in [4.69, 9.17) is 13.7 Å². The van der Waals surface area contributed by atoms with Gasteiger partial charge in [-0.1, -0.05) is 41.6 Å². The fourth-order valence-electron chi connectivity index (χ4n) is 3.71. The van der Waals surface area contributed by atoms with Crippen LogP contribution in [-0.2, 0) is 6.42 Å². The summed E-state index contributed by atoms with van der Waals surface area (Å²) in [6.07, 6.45) is 0.487. The quantitative estimate of drug-likeness (QED) is 0.460. The van der Waals surface area contributed by atoms with Crippen LogP contribution in [0, 0.1) is 0 Å². The van der Waals surface area contributed by atoms with Gasteiger partial charge in [-0.3, -0.25) is 4.79 Å². The highest BCUT2D eigenvalue weighted by atomic mass is 16.5. The van der Waals surface area contributed by atoms with Gasteiger partial charge in [0.1, 0.15) is 16.9 Å². The van der Waals surface area contributed by atoms with Gasteiger partial charge < -0.3 is 18.6 Å². The van der Waals surface area contributed by atoms with Crippen molar-refractivity contribution < 1.29 is 18.5 Å². The first kappa shape index (κ1) is 19.0. The zero-order valence-electron chi connectivity index (χ0n) is 16.8. The lowest BCUT2D eigenvalue weighted by Gasteiger charge is -2.36. The van der Waals surface area contributed by atoms with Gasteiger partial charge in [0.15, 0.2) is 5.82 Å². The zero-order valence-corrected chi connectivity index (χ0v) is 16.8. The molecule has 0 spiro atoms. The van der Waals surface area contributed by atoms with Crippen molar-refractivity contribution in [1.82, 2.24) is 15.0 Å². The Kier molecular flexibility index (Phi) is 4.74. The molecule has 5 rings (SSSR count). The molecule has 156 valence electrons. The summed E-state index contributed by atoms with van der Waals surface area (Å²) in [6, 6.07) is 16.3. The first-order chi connectivity index (χ1) is 15.1. The van der Waals surface area contributed by atoms with Crippen LogP contribution in [0.2, 0.25) is 0 Å². The van der Waals surface area contributed by atoms with E-state index in [-0.39, 0.29) is 17.4 Å². The van der Waals surface area contributed by atoms with Crippen LogP contribution in [0.3, 0.4) is 0 Å². The van der Waals surface area contributed by atoms with Crippen molar-refractivity contribution in [3.8, 4) is 5.75 Å². The van der Waals surface area contributed by atoms with Crippen molar-refractivity contribution in [3.63, 3.8) is 0 Å². The first-order valence-corrected chi connectivity index (χ1v) is 9.89. The molecule has 0 radical (unpaired) electrons. The van der Waals surface area contributed by atoms with Gasteiger partial charge in [0.25, 0.3) is 5.91 Å². The van der Waals surface area contributed by atoms with Crippen LogP contribution in [0.4, 0.5) is 0 Å². The Morgan fingerprint density at radius 2 is 1.94 bits per heavy atom. The molecule has 1 aliphatic rings. The Labute approximate surface area is 177 Å². The molecule has 2 aromatic carbocycles. The highest BCUT2D eigenvalue weighted by molar-refractivity contribution is 5.97. The van der Waals surface area contributed by atoms with E-state index in [0.29, 0.717) is 42.2 Å². The van der Waals surface area contributed by atoms with Gasteiger partial charge in [-0.25, -0.2) is 4.79 Å². The smallest absolute Gasteiger partial charge is 0.349 e. The second-order valence-corrected chi connectivity index (χ2v) is 7.43. The summed E-state index contributed by atoms with van der Waals surface area (Å²) in [5, 5.41) is 4.76. The maximum absolute atomic E-state index is 12.8. The number of methoxy groups -OCH3 is 1. The van der Waals surface area contributed by atoms with Gasteiger partial charge in [-0.2, -0.15) is 4.98 Å². The molecule has 2 aromatic heterocycles. The predicted molar refractivity (Wildman–Crippen MR) is 111 cm³/mol. The largest absolute Gasteiger partial charge is 0.496 e. The van der Waals surface area contributed by atoms with E-state index in [1.807, 2.05) is 30.3 Å². The van der Waals surface area contributed by atoms with E-state index in [1.165, 1.54) is 0 Å². The van der Waals surface area contributed by atoms with Crippen LogP contribution >= 0.6 is 0 Å². The second-order valence-electron chi connectivity index (χ2n) is 7.43. The fraction of sp³-hybridized carbons (Fsp3) is 0.217. The summed E-state index contributed by atoms with van der Waals surface area (Å²) in [4.78, 5) is 31.1. The summed E-state index contributed by atoms with van der Waals surface area (Å²) in [7, 11) is 1.62. The zero-order chi connectivity index (χ0) is 21.4. The minimum absolute atomic E-state index is 0.0274. The van der Waals surface area contributed by atoms with Gasteiger partial charge in [-0.15, -0.1) is 0 Å². The number of carbonyl (C=O) groups excluding carboxylic acids is 1. The van der Waals surface area contributed by atoms with Crippen LogP contribution in [0.5, 0.6) is 5.75 Å². The van der Waals surface area contributed by atoms with Gasteiger partial charge in [0.05, 0.1) is 13.0 Å². The maximum Gasteiger partial charge on any atom is 0.349 e. The number of hydrogen-bond acceptors (Lipinski definition) is 7. The molecule has 1 amide bonds. The molecule has 3 heterocycles. The third kappa shape index (κ3) is 3.56. The Balaban J connectivity index is 1.27. The molecule has 0 bridgehead atoms. The number of likely N-dealkylation sites (tertiary alicyclic amines) is 1. The molecule has 0 aliphatic carbocycles. The Morgan fingerprint density at radius 1 is 1.16 bits per heavy atom. The highest BCUT2D eigenvalue weighted by Gasteiger charge is 2.37. The van der Waals surface area contributed by atoms with Crippen LogP contribution in [0.25, 0.3) is 11.0 Å². The number of fused-ring (bicyclic) bond motifs is 1. The summed E-state index contributed by atoms with van der Waals surface area (Å²) >= 11 is 0. The lowest BCUT2D eigenvalue weighted by Crippen LogP contribution is -2.49. The SMILES string of the molecule is COc1ccccc1Cc1noc(C2CN(C(=O)c3cc4ccccc4oc3=O)C2)n1. The van der Waals surface area contributed by atoms with Crippen molar-refractivity contribution in [2.24, 2.45) is 0 Å². The number of para-hydroxylation sites is 2. The molecule has 8 nitrogen and oxygen atoms in total. The maximum atomic E-state index is 12.8. The normalized spacial score (nSPS) is 13.9. The number of hydrogen-bond donors (Lipinski definition) is 0. The van der Waals surface area contributed by atoms with Crippen LogP contribution in [-0.4, -0.2) is 41.1 Å². The number of amides is 1. The van der Waals surface area contributed by atoms with E-state index in [1.54, 1.807) is 36.3 Å². The predicted octanol–water partition coefficient (Wildman–Crippen LogP) is 3.02. The minimum atomic E-state index is -0.635. The standard InChI is InChI=1S/C23H19N3O5/c1-29-18-8-4-2-7-15(18)11-20-24-21(31-25-20)16-12-26(13-16)22(27)17-10-14-6-3-5-9-19(14)30-23(17)28/h2-10,16H,11-13H2,1H3. The third-order valence-electron chi connectivity index (χ3n) is 5.41. The monoisotopic (exact) mass is 417 g/mol. The van der Waals surface area contributed by atoms with Crippen molar-refractivity contribution in [2.45, 2.75) is 12.3 Å².